The van der Waals surface area contributed by atoms with Gasteiger partial charge in [-0.25, -0.2) is 0 Å². The smallest absolute Gasteiger partial charge is 0.0499 e. The van der Waals surface area contributed by atoms with Gasteiger partial charge in [0.1, 0.15) is 0 Å². The zero-order valence-corrected chi connectivity index (χ0v) is 10.8. The van der Waals surface area contributed by atoms with Gasteiger partial charge >= 0.3 is 0 Å². The lowest BCUT2D eigenvalue weighted by atomic mass is 10.0. The summed E-state index contributed by atoms with van der Waals surface area (Å²) >= 11 is 12.3. The third-order valence-electron chi connectivity index (χ3n) is 2.64. The highest BCUT2D eigenvalue weighted by molar-refractivity contribution is 6.39. The van der Waals surface area contributed by atoms with E-state index in [0.29, 0.717) is 16.6 Å². The van der Waals surface area contributed by atoms with E-state index in [0.717, 1.165) is 17.5 Å². The van der Waals surface area contributed by atoms with Crippen molar-refractivity contribution in [3.05, 3.63) is 58.1 Å². The van der Waals surface area contributed by atoms with Crippen molar-refractivity contribution in [2.24, 2.45) is 5.73 Å². The lowest BCUT2D eigenvalue weighted by Gasteiger charge is -2.08. The van der Waals surface area contributed by atoms with Crippen LogP contribution in [-0.2, 0) is 6.42 Å². The van der Waals surface area contributed by atoms with Gasteiger partial charge in [0.2, 0.25) is 0 Å². The molecule has 0 heterocycles. The Morgan fingerprint density at radius 2 is 1.47 bits per heavy atom. The van der Waals surface area contributed by atoms with E-state index in [2.05, 4.69) is 12.1 Å². The first-order valence-electron chi connectivity index (χ1n) is 5.46. The summed E-state index contributed by atoms with van der Waals surface area (Å²) < 4.78 is 0. The number of benzene rings is 2. The van der Waals surface area contributed by atoms with Crippen LogP contribution >= 0.6 is 23.2 Å². The van der Waals surface area contributed by atoms with E-state index in [1.54, 1.807) is 0 Å². The molecule has 1 nitrogen and oxygen atoms in total. The fourth-order valence-electron chi connectivity index (χ4n) is 1.78. The zero-order chi connectivity index (χ0) is 12.3. The highest BCUT2D eigenvalue weighted by atomic mass is 35.5. The molecule has 2 aromatic rings. The normalized spacial score (nSPS) is 10.5. The second-order valence-corrected chi connectivity index (χ2v) is 4.65. The van der Waals surface area contributed by atoms with Gasteiger partial charge in [-0.15, -0.1) is 0 Å². The summed E-state index contributed by atoms with van der Waals surface area (Å²) in [5, 5.41) is 1.34. The molecule has 0 atom stereocenters. The molecule has 0 amide bonds. The summed E-state index contributed by atoms with van der Waals surface area (Å²) in [5.74, 6) is 0. The van der Waals surface area contributed by atoms with Crippen molar-refractivity contribution in [3.63, 3.8) is 0 Å². The predicted octanol–water partition coefficient (Wildman–Crippen LogP) is 4.16. The van der Waals surface area contributed by atoms with Crippen LogP contribution in [0, 0.1) is 0 Å². The van der Waals surface area contributed by atoms with Gasteiger partial charge < -0.3 is 5.73 Å². The molecule has 3 heteroatoms. The highest BCUT2D eigenvalue weighted by Gasteiger charge is 2.07. The van der Waals surface area contributed by atoms with E-state index < -0.39 is 0 Å². The molecule has 0 fully saturated rings. The molecule has 0 saturated heterocycles. The SMILES string of the molecule is NCCc1ccc(-c2c(Cl)cccc2Cl)cc1. The van der Waals surface area contributed by atoms with Gasteiger partial charge in [-0.05, 0) is 36.2 Å². The maximum atomic E-state index is 6.16. The molecule has 17 heavy (non-hydrogen) atoms. The molecule has 0 radical (unpaired) electrons. The monoisotopic (exact) mass is 265 g/mol. The molecule has 2 N–H and O–H groups in total. The third kappa shape index (κ3) is 2.81. The predicted molar refractivity (Wildman–Crippen MR) is 74.7 cm³/mol. The van der Waals surface area contributed by atoms with Crippen molar-refractivity contribution < 1.29 is 0 Å². The lowest BCUT2D eigenvalue weighted by Crippen LogP contribution is -2.02. The van der Waals surface area contributed by atoms with Crippen LogP contribution in [0.3, 0.4) is 0 Å². The van der Waals surface area contributed by atoms with Crippen molar-refractivity contribution in [2.45, 2.75) is 6.42 Å². The maximum Gasteiger partial charge on any atom is 0.0499 e. The molecule has 0 aliphatic rings. The number of hydrogen-bond donors (Lipinski definition) is 1. The van der Waals surface area contributed by atoms with Crippen molar-refractivity contribution in [1.82, 2.24) is 0 Å². The van der Waals surface area contributed by atoms with Crippen molar-refractivity contribution in [2.75, 3.05) is 6.54 Å². The van der Waals surface area contributed by atoms with Gasteiger partial charge in [-0.2, -0.15) is 0 Å². The van der Waals surface area contributed by atoms with Crippen LogP contribution < -0.4 is 5.73 Å². The van der Waals surface area contributed by atoms with Gasteiger partial charge in [-0.3, -0.25) is 0 Å². The second kappa shape index (κ2) is 5.54. The molecule has 0 saturated carbocycles. The largest absolute Gasteiger partial charge is 0.330 e. The number of nitrogens with two attached hydrogens (primary N) is 1. The molecule has 0 spiro atoms. The summed E-state index contributed by atoms with van der Waals surface area (Å²) in [6.45, 7) is 0.659. The Labute approximate surface area is 111 Å². The van der Waals surface area contributed by atoms with E-state index in [4.69, 9.17) is 28.9 Å². The molecule has 0 unspecified atom stereocenters. The van der Waals surface area contributed by atoms with E-state index in [-0.39, 0.29) is 0 Å². The number of halogens is 2. The highest BCUT2D eigenvalue weighted by Crippen LogP contribution is 2.34. The molecule has 0 aromatic heterocycles. The van der Waals surface area contributed by atoms with E-state index >= 15 is 0 Å². The Bertz CT molecular complexity index is 486. The fraction of sp³-hybridized carbons (Fsp3) is 0.143. The van der Waals surface area contributed by atoms with Gasteiger partial charge in [0, 0.05) is 15.6 Å². The van der Waals surface area contributed by atoms with Crippen molar-refractivity contribution in [1.29, 1.82) is 0 Å². The Kier molecular flexibility index (Phi) is 4.06. The van der Waals surface area contributed by atoms with E-state index in [9.17, 15) is 0 Å². The summed E-state index contributed by atoms with van der Waals surface area (Å²) in [7, 11) is 0. The molecule has 0 bridgehead atoms. The Balaban J connectivity index is 2.40. The molecule has 88 valence electrons. The number of hydrogen-bond acceptors (Lipinski definition) is 1. The number of rotatable bonds is 3. The minimum atomic E-state index is 0.659. The fourth-order valence-corrected chi connectivity index (χ4v) is 2.39. The van der Waals surface area contributed by atoms with Crippen LogP contribution in [0.5, 0.6) is 0 Å². The summed E-state index contributed by atoms with van der Waals surface area (Å²) in [5.41, 5.74) is 8.65. The van der Waals surface area contributed by atoms with Crippen LogP contribution in [0.4, 0.5) is 0 Å². The summed E-state index contributed by atoms with van der Waals surface area (Å²) in [6, 6.07) is 13.7. The summed E-state index contributed by atoms with van der Waals surface area (Å²) in [4.78, 5) is 0. The maximum absolute atomic E-state index is 6.16. The first-order valence-corrected chi connectivity index (χ1v) is 6.21. The summed E-state index contributed by atoms with van der Waals surface area (Å²) in [6.07, 6.45) is 0.885. The Morgan fingerprint density at radius 3 is 2.00 bits per heavy atom. The first kappa shape index (κ1) is 12.4. The first-order chi connectivity index (χ1) is 8.22. The quantitative estimate of drug-likeness (QED) is 0.886. The van der Waals surface area contributed by atoms with Crippen molar-refractivity contribution >= 4 is 23.2 Å². The average Bonchev–Trinajstić information content (AvgIpc) is 2.31. The molecule has 2 aromatic carbocycles. The zero-order valence-electron chi connectivity index (χ0n) is 9.29. The van der Waals surface area contributed by atoms with Crippen molar-refractivity contribution in [3.8, 4) is 11.1 Å². The molecular formula is C14H13Cl2N. The van der Waals surface area contributed by atoms with E-state index in [1.165, 1.54) is 5.56 Å². The average molecular weight is 266 g/mol. The van der Waals surface area contributed by atoms with Gasteiger partial charge in [0.25, 0.3) is 0 Å². The minimum Gasteiger partial charge on any atom is -0.330 e. The Morgan fingerprint density at radius 1 is 0.882 bits per heavy atom. The van der Waals surface area contributed by atoms with Crippen LogP contribution in [0.2, 0.25) is 10.0 Å². The van der Waals surface area contributed by atoms with Gasteiger partial charge in [-0.1, -0.05) is 53.5 Å². The standard InChI is InChI=1S/C14H13Cl2N/c15-12-2-1-3-13(16)14(12)11-6-4-10(5-7-11)8-9-17/h1-7H,8-9,17H2. The topological polar surface area (TPSA) is 26.0 Å². The van der Waals surface area contributed by atoms with E-state index in [1.807, 2.05) is 30.3 Å². The van der Waals surface area contributed by atoms with Gasteiger partial charge in [0.15, 0.2) is 0 Å². The van der Waals surface area contributed by atoms with Crippen LogP contribution in [0.15, 0.2) is 42.5 Å². The van der Waals surface area contributed by atoms with Crippen LogP contribution in [0.1, 0.15) is 5.56 Å². The molecule has 2 rings (SSSR count). The lowest BCUT2D eigenvalue weighted by molar-refractivity contribution is 0.969. The molecule has 0 aliphatic carbocycles. The minimum absolute atomic E-state index is 0.659. The second-order valence-electron chi connectivity index (χ2n) is 3.83. The third-order valence-corrected chi connectivity index (χ3v) is 3.27. The van der Waals surface area contributed by atoms with Gasteiger partial charge in [0.05, 0.1) is 0 Å². The molecule has 0 aliphatic heterocycles. The van der Waals surface area contributed by atoms with Crippen LogP contribution in [-0.4, -0.2) is 6.54 Å². The molecular weight excluding hydrogens is 253 g/mol. The van der Waals surface area contributed by atoms with Crippen LogP contribution in [0.25, 0.3) is 11.1 Å². The Hall–Kier alpha value is -1.02.